The number of halogens is 2. The van der Waals surface area contributed by atoms with Crippen molar-refractivity contribution in [1.82, 2.24) is 0 Å². The van der Waals surface area contributed by atoms with Gasteiger partial charge in [-0.05, 0) is 35.9 Å². The molecule has 0 unspecified atom stereocenters. The highest BCUT2D eigenvalue weighted by Crippen LogP contribution is 2.38. The van der Waals surface area contributed by atoms with Crippen molar-refractivity contribution in [3.05, 3.63) is 53.6 Å². The van der Waals surface area contributed by atoms with E-state index in [9.17, 15) is 18.4 Å². The minimum absolute atomic E-state index is 0.0397. The first-order valence-electron chi connectivity index (χ1n) is 8.27. The number of nitrogens with one attached hydrogen (secondary N) is 1. The smallest absolute Gasteiger partial charge is 0.331 e. The van der Waals surface area contributed by atoms with E-state index in [1.807, 2.05) is 0 Å². The molecule has 0 bridgehead atoms. The van der Waals surface area contributed by atoms with Crippen LogP contribution in [0.2, 0.25) is 0 Å². The van der Waals surface area contributed by atoms with Gasteiger partial charge >= 0.3 is 5.97 Å². The van der Waals surface area contributed by atoms with Crippen molar-refractivity contribution in [3.8, 4) is 17.2 Å². The van der Waals surface area contributed by atoms with E-state index in [1.54, 1.807) is 12.1 Å². The van der Waals surface area contributed by atoms with Crippen molar-refractivity contribution in [2.75, 3.05) is 33.3 Å². The summed E-state index contributed by atoms with van der Waals surface area (Å²) in [5.74, 6) is -2.40. The largest absolute Gasteiger partial charge is 0.493 e. The van der Waals surface area contributed by atoms with Crippen LogP contribution in [-0.4, -0.2) is 39.8 Å². The van der Waals surface area contributed by atoms with E-state index in [0.29, 0.717) is 22.8 Å². The lowest BCUT2D eigenvalue weighted by molar-refractivity contribution is -0.142. The molecule has 7 nitrogen and oxygen atoms in total. The van der Waals surface area contributed by atoms with Gasteiger partial charge in [0.05, 0.1) is 21.3 Å². The van der Waals surface area contributed by atoms with E-state index in [4.69, 9.17) is 18.9 Å². The maximum absolute atomic E-state index is 13.1. The van der Waals surface area contributed by atoms with E-state index < -0.39 is 30.1 Å². The number of carbonyl (C=O) groups excluding carboxylic acids is 2. The third-order valence-corrected chi connectivity index (χ3v) is 3.65. The second-order valence-corrected chi connectivity index (χ2v) is 5.58. The molecule has 0 heterocycles. The molecule has 0 aliphatic carbocycles. The molecule has 0 aliphatic heterocycles. The van der Waals surface area contributed by atoms with Crippen LogP contribution in [0.1, 0.15) is 5.56 Å². The van der Waals surface area contributed by atoms with Gasteiger partial charge in [-0.15, -0.1) is 0 Å². The minimum Gasteiger partial charge on any atom is -0.493 e. The molecule has 0 spiro atoms. The fourth-order valence-electron chi connectivity index (χ4n) is 2.32. The van der Waals surface area contributed by atoms with E-state index in [-0.39, 0.29) is 5.69 Å². The van der Waals surface area contributed by atoms with Crippen LogP contribution in [0.4, 0.5) is 14.5 Å². The number of benzene rings is 2. The lowest BCUT2D eigenvalue weighted by Crippen LogP contribution is -2.20. The molecule has 1 amide bonds. The summed E-state index contributed by atoms with van der Waals surface area (Å²) in [5.41, 5.74) is 0.612. The van der Waals surface area contributed by atoms with Crippen molar-refractivity contribution in [1.29, 1.82) is 0 Å². The standard InChI is InChI=1S/C20H19F2NO6/c1-26-16-8-12(9-17(27-2)20(16)28-3)4-7-19(25)29-11-18(24)23-13-5-6-14(21)15(22)10-13/h4-10H,11H2,1-3H3,(H,23,24). The molecule has 1 N–H and O–H groups in total. The highest BCUT2D eigenvalue weighted by molar-refractivity contribution is 5.94. The second-order valence-electron chi connectivity index (χ2n) is 5.58. The maximum Gasteiger partial charge on any atom is 0.331 e. The lowest BCUT2D eigenvalue weighted by Gasteiger charge is -2.12. The Morgan fingerprint density at radius 3 is 2.17 bits per heavy atom. The van der Waals surface area contributed by atoms with Crippen molar-refractivity contribution in [3.63, 3.8) is 0 Å². The Bertz CT molecular complexity index is 904. The summed E-state index contributed by atoms with van der Waals surface area (Å²) >= 11 is 0. The van der Waals surface area contributed by atoms with E-state index >= 15 is 0 Å². The highest BCUT2D eigenvalue weighted by Gasteiger charge is 2.12. The molecule has 0 atom stereocenters. The first kappa shape index (κ1) is 21.7. The Morgan fingerprint density at radius 2 is 1.62 bits per heavy atom. The third-order valence-electron chi connectivity index (χ3n) is 3.65. The summed E-state index contributed by atoms with van der Waals surface area (Å²) in [6.45, 7) is -0.600. The SMILES string of the molecule is COc1cc(C=CC(=O)OCC(=O)Nc2ccc(F)c(F)c2)cc(OC)c1OC. The number of methoxy groups -OCH3 is 3. The monoisotopic (exact) mass is 407 g/mol. The molecule has 2 aromatic rings. The summed E-state index contributed by atoms with van der Waals surface area (Å²) in [7, 11) is 4.40. The number of hydrogen-bond donors (Lipinski definition) is 1. The molecule has 0 aromatic heterocycles. The molecule has 154 valence electrons. The molecule has 29 heavy (non-hydrogen) atoms. The van der Waals surface area contributed by atoms with Crippen LogP contribution in [0.25, 0.3) is 6.08 Å². The Kier molecular flexibility index (Phi) is 7.53. The Morgan fingerprint density at radius 1 is 0.966 bits per heavy atom. The van der Waals surface area contributed by atoms with Crippen LogP contribution in [-0.2, 0) is 14.3 Å². The number of hydrogen-bond acceptors (Lipinski definition) is 6. The predicted molar refractivity (Wildman–Crippen MR) is 101 cm³/mol. The van der Waals surface area contributed by atoms with Gasteiger partial charge in [-0.2, -0.15) is 0 Å². The zero-order chi connectivity index (χ0) is 21.4. The van der Waals surface area contributed by atoms with Gasteiger partial charge < -0.3 is 24.3 Å². The van der Waals surface area contributed by atoms with Crippen molar-refractivity contribution < 1.29 is 37.3 Å². The van der Waals surface area contributed by atoms with Crippen LogP contribution < -0.4 is 19.5 Å². The van der Waals surface area contributed by atoms with Crippen LogP contribution in [0.5, 0.6) is 17.2 Å². The second kappa shape index (κ2) is 10.1. The number of esters is 1. The van der Waals surface area contributed by atoms with E-state index in [2.05, 4.69) is 5.32 Å². The van der Waals surface area contributed by atoms with Crippen LogP contribution in [0.3, 0.4) is 0 Å². The van der Waals surface area contributed by atoms with Crippen LogP contribution in [0.15, 0.2) is 36.4 Å². The number of rotatable bonds is 8. The lowest BCUT2D eigenvalue weighted by atomic mass is 10.1. The fourth-order valence-corrected chi connectivity index (χ4v) is 2.32. The molecule has 0 saturated heterocycles. The average Bonchev–Trinajstić information content (AvgIpc) is 2.72. The van der Waals surface area contributed by atoms with Gasteiger partial charge in [-0.3, -0.25) is 4.79 Å². The van der Waals surface area contributed by atoms with Crippen LogP contribution >= 0.6 is 0 Å². The maximum atomic E-state index is 13.1. The first-order chi connectivity index (χ1) is 13.9. The normalized spacial score (nSPS) is 10.5. The zero-order valence-corrected chi connectivity index (χ0v) is 16.0. The van der Waals surface area contributed by atoms with Crippen LogP contribution in [0, 0.1) is 11.6 Å². The van der Waals surface area contributed by atoms with Gasteiger partial charge in [0.25, 0.3) is 5.91 Å². The summed E-state index contributed by atoms with van der Waals surface area (Å²) in [6, 6.07) is 6.13. The Labute approximate surface area is 165 Å². The predicted octanol–water partition coefficient (Wildman–Crippen LogP) is 3.19. The fraction of sp³-hybridized carbons (Fsp3) is 0.200. The molecule has 2 rings (SSSR count). The molecule has 0 fully saturated rings. The third kappa shape index (κ3) is 5.93. The van der Waals surface area contributed by atoms with E-state index in [0.717, 1.165) is 18.2 Å². The molecule has 0 radical (unpaired) electrons. The van der Waals surface area contributed by atoms with Gasteiger partial charge in [-0.25, -0.2) is 13.6 Å². The highest BCUT2D eigenvalue weighted by atomic mass is 19.2. The van der Waals surface area contributed by atoms with Gasteiger partial charge in [-0.1, -0.05) is 0 Å². The topological polar surface area (TPSA) is 83.1 Å². The van der Waals surface area contributed by atoms with Crippen molar-refractivity contribution in [2.24, 2.45) is 0 Å². The molecule has 0 aliphatic rings. The average molecular weight is 407 g/mol. The summed E-state index contributed by atoms with van der Waals surface area (Å²) in [5, 5.41) is 2.29. The van der Waals surface area contributed by atoms with Gasteiger partial charge in [0, 0.05) is 17.8 Å². The minimum atomic E-state index is -1.10. The zero-order valence-electron chi connectivity index (χ0n) is 16.0. The van der Waals surface area contributed by atoms with Crippen molar-refractivity contribution in [2.45, 2.75) is 0 Å². The first-order valence-corrected chi connectivity index (χ1v) is 8.27. The van der Waals surface area contributed by atoms with Crippen molar-refractivity contribution >= 4 is 23.6 Å². The molecule has 2 aromatic carbocycles. The Balaban J connectivity index is 1.95. The Hall–Kier alpha value is -3.62. The van der Waals surface area contributed by atoms with Gasteiger partial charge in [0.15, 0.2) is 29.7 Å². The number of amides is 1. The molecule has 0 saturated carbocycles. The summed E-state index contributed by atoms with van der Waals surface area (Å²) in [6.07, 6.45) is 2.56. The summed E-state index contributed by atoms with van der Waals surface area (Å²) in [4.78, 5) is 23.6. The molecule has 9 heteroatoms. The van der Waals surface area contributed by atoms with E-state index in [1.165, 1.54) is 33.5 Å². The quantitative estimate of drug-likeness (QED) is 0.535. The number of anilines is 1. The van der Waals surface area contributed by atoms with Gasteiger partial charge in [0.1, 0.15) is 0 Å². The number of ether oxygens (including phenoxy) is 4. The summed E-state index contributed by atoms with van der Waals surface area (Å²) < 4.78 is 46.4. The molecular formula is C20H19F2NO6. The molecular weight excluding hydrogens is 388 g/mol. The number of carbonyl (C=O) groups is 2. The van der Waals surface area contributed by atoms with Gasteiger partial charge in [0.2, 0.25) is 5.75 Å².